The molecule has 1 aromatic carbocycles. The molecule has 1 aliphatic rings. The molecule has 3 rings (SSSR count). The topological polar surface area (TPSA) is 71.3 Å². The van der Waals surface area contributed by atoms with Gasteiger partial charge in [-0.1, -0.05) is 39.0 Å². The first-order valence-electron chi connectivity index (χ1n) is 8.57. The van der Waals surface area contributed by atoms with Gasteiger partial charge in [-0.15, -0.1) is 0 Å². The molecule has 0 bridgehead atoms. The smallest absolute Gasteiger partial charge is 0.228 e. The largest absolute Gasteiger partial charge is 0.467 e. The predicted molar refractivity (Wildman–Crippen MR) is 95.9 cm³/mol. The molecule has 1 aromatic heterocycles. The molecule has 5 nitrogen and oxygen atoms in total. The number of furan rings is 1. The maximum Gasteiger partial charge on any atom is 0.228 e. The minimum Gasteiger partial charge on any atom is -0.467 e. The molecule has 2 atom stereocenters. The summed E-state index contributed by atoms with van der Waals surface area (Å²) >= 11 is 0. The maximum atomic E-state index is 12.5. The first-order valence-corrected chi connectivity index (χ1v) is 8.57. The van der Waals surface area contributed by atoms with Crippen LogP contribution >= 0.6 is 0 Å². The van der Waals surface area contributed by atoms with Crippen molar-refractivity contribution in [3.05, 3.63) is 54.0 Å². The van der Waals surface area contributed by atoms with E-state index in [9.17, 15) is 9.59 Å². The number of anilines is 1. The summed E-state index contributed by atoms with van der Waals surface area (Å²) in [6, 6.07) is 11.4. The van der Waals surface area contributed by atoms with Gasteiger partial charge in [0.15, 0.2) is 0 Å². The molecule has 0 saturated heterocycles. The average molecular weight is 340 g/mol. The lowest BCUT2D eigenvalue weighted by atomic mass is 9.86. The number of benzene rings is 1. The Morgan fingerprint density at radius 3 is 2.48 bits per heavy atom. The van der Waals surface area contributed by atoms with Gasteiger partial charge in [0.1, 0.15) is 5.76 Å². The van der Waals surface area contributed by atoms with Crippen LogP contribution in [-0.2, 0) is 21.5 Å². The van der Waals surface area contributed by atoms with Crippen molar-refractivity contribution < 1.29 is 14.0 Å². The molecule has 0 radical (unpaired) electrons. The second-order valence-electron chi connectivity index (χ2n) is 7.53. The van der Waals surface area contributed by atoms with Crippen molar-refractivity contribution in [3.63, 3.8) is 0 Å². The number of carbonyl (C=O) groups is 2. The van der Waals surface area contributed by atoms with Crippen LogP contribution in [0.3, 0.4) is 0 Å². The van der Waals surface area contributed by atoms with Crippen LogP contribution in [0.15, 0.2) is 47.1 Å². The second-order valence-corrected chi connectivity index (χ2v) is 7.53. The van der Waals surface area contributed by atoms with Gasteiger partial charge in [0.25, 0.3) is 0 Å². The van der Waals surface area contributed by atoms with E-state index >= 15 is 0 Å². The third kappa shape index (κ3) is 4.10. The summed E-state index contributed by atoms with van der Waals surface area (Å²) in [4.78, 5) is 24.7. The van der Waals surface area contributed by atoms with Crippen molar-refractivity contribution in [1.29, 1.82) is 0 Å². The summed E-state index contributed by atoms with van der Waals surface area (Å²) in [5.41, 5.74) is 1.84. The molecule has 0 spiro atoms. The number of nitrogens with one attached hydrogen (secondary N) is 2. The van der Waals surface area contributed by atoms with Crippen LogP contribution < -0.4 is 10.6 Å². The fraction of sp³-hybridized carbons (Fsp3) is 0.400. The van der Waals surface area contributed by atoms with Gasteiger partial charge in [-0.25, -0.2) is 0 Å². The Balaban J connectivity index is 1.56. The second kappa shape index (κ2) is 6.75. The molecule has 1 saturated carbocycles. The van der Waals surface area contributed by atoms with Crippen molar-refractivity contribution >= 4 is 17.5 Å². The Labute approximate surface area is 147 Å². The van der Waals surface area contributed by atoms with Crippen LogP contribution in [0, 0.1) is 11.8 Å². The first kappa shape index (κ1) is 17.3. The Kier molecular flexibility index (Phi) is 4.66. The third-order valence-corrected chi connectivity index (χ3v) is 4.47. The summed E-state index contributed by atoms with van der Waals surface area (Å²) in [5.74, 6) is 0.00555. The van der Waals surface area contributed by atoms with E-state index in [1.807, 2.05) is 24.3 Å². The Morgan fingerprint density at radius 1 is 1.08 bits per heavy atom. The van der Waals surface area contributed by atoms with Crippen LogP contribution in [0.2, 0.25) is 0 Å². The average Bonchev–Trinajstić information content (AvgIpc) is 3.20. The highest BCUT2D eigenvalue weighted by atomic mass is 16.3. The van der Waals surface area contributed by atoms with Crippen molar-refractivity contribution in [1.82, 2.24) is 5.32 Å². The van der Waals surface area contributed by atoms with E-state index in [0.717, 1.165) is 11.3 Å². The van der Waals surface area contributed by atoms with Crippen molar-refractivity contribution in [2.45, 2.75) is 39.2 Å². The van der Waals surface area contributed by atoms with E-state index in [1.54, 1.807) is 18.4 Å². The zero-order chi connectivity index (χ0) is 18.0. The van der Waals surface area contributed by atoms with E-state index in [4.69, 9.17) is 4.42 Å². The first-order chi connectivity index (χ1) is 11.9. The van der Waals surface area contributed by atoms with E-state index in [-0.39, 0.29) is 29.1 Å². The van der Waals surface area contributed by atoms with Gasteiger partial charge in [0.2, 0.25) is 11.8 Å². The number of para-hydroxylation sites is 1. The molecule has 2 N–H and O–H groups in total. The van der Waals surface area contributed by atoms with Gasteiger partial charge in [0.05, 0.1) is 24.6 Å². The van der Waals surface area contributed by atoms with Gasteiger partial charge >= 0.3 is 0 Å². The van der Waals surface area contributed by atoms with Gasteiger partial charge in [-0.05, 0) is 35.6 Å². The van der Waals surface area contributed by atoms with Crippen LogP contribution in [0.25, 0.3) is 0 Å². The lowest BCUT2D eigenvalue weighted by Crippen LogP contribution is -2.27. The minimum atomic E-state index is -0.260. The van der Waals surface area contributed by atoms with Crippen molar-refractivity contribution in [2.24, 2.45) is 11.8 Å². The van der Waals surface area contributed by atoms with Crippen molar-refractivity contribution in [3.8, 4) is 0 Å². The van der Waals surface area contributed by atoms with E-state index in [1.165, 1.54) is 0 Å². The highest BCUT2D eigenvalue weighted by molar-refractivity contribution is 6.00. The molecule has 1 aliphatic carbocycles. The number of hydrogen-bond acceptors (Lipinski definition) is 3. The van der Waals surface area contributed by atoms with Crippen LogP contribution in [0.1, 0.15) is 38.5 Å². The summed E-state index contributed by atoms with van der Waals surface area (Å²) in [6.45, 7) is 6.68. The zero-order valence-corrected chi connectivity index (χ0v) is 14.8. The van der Waals surface area contributed by atoms with E-state index in [0.29, 0.717) is 18.7 Å². The Morgan fingerprint density at radius 2 is 1.80 bits per heavy atom. The molecule has 132 valence electrons. The monoisotopic (exact) mass is 340 g/mol. The van der Waals surface area contributed by atoms with Crippen LogP contribution in [0.4, 0.5) is 5.69 Å². The predicted octanol–water partition coefficient (Wildman–Crippen LogP) is 3.47. The third-order valence-electron chi connectivity index (χ3n) is 4.47. The van der Waals surface area contributed by atoms with Gasteiger partial charge in [0, 0.05) is 5.69 Å². The maximum absolute atomic E-state index is 12.5. The molecule has 25 heavy (non-hydrogen) atoms. The summed E-state index contributed by atoms with van der Waals surface area (Å²) in [5, 5.41) is 5.81. The summed E-state index contributed by atoms with van der Waals surface area (Å²) in [7, 11) is 0. The zero-order valence-electron chi connectivity index (χ0n) is 14.8. The standard InChI is InChI=1S/C20H24N2O3/c1-20(2,3)16-8-4-5-9-17(16)22-19(24)15-11-14(15)18(23)21-12-13-7-6-10-25-13/h4-10,14-15H,11-12H2,1-3H3,(H,21,23)(H,22,24). The molecular formula is C20H24N2O3. The lowest BCUT2D eigenvalue weighted by molar-refractivity contribution is -0.125. The molecule has 2 aromatic rings. The Bertz CT molecular complexity index is 759. The highest BCUT2D eigenvalue weighted by Gasteiger charge is 2.48. The van der Waals surface area contributed by atoms with Gasteiger partial charge < -0.3 is 15.1 Å². The quantitative estimate of drug-likeness (QED) is 0.875. The highest BCUT2D eigenvalue weighted by Crippen LogP contribution is 2.40. The van der Waals surface area contributed by atoms with Gasteiger partial charge in [-0.3, -0.25) is 9.59 Å². The van der Waals surface area contributed by atoms with Gasteiger partial charge in [-0.2, -0.15) is 0 Å². The van der Waals surface area contributed by atoms with Crippen LogP contribution in [0.5, 0.6) is 0 Å². The molecule has 2 unspecified atom stereocenters. The summed E-state index contributed by atoms with van der Waals surface area (Å²) < 4.78 is 5.19. The lowest BCUT2D eigenvalue weighted by Gasteiger charge is -2.23. The molecule has 1 fully saturated rings. The van der Waals surface area contributed by atoms with E-state index < -0.39 is 0 Å². The fourth-order valence-electron chi connectivity index (χ4n) is 2.96. The number of rotatable bonds is 5. The fourth-order valence-corrected chi connectivity index (χ4v) is 2.96. The number of carbonyl (C=O) groups excluding carboxylic acids is 2. The SMILES string of the molecule is CC(C)(C)c1ccccc1NC(=O)C1CC1C(=O)NCc1ccco1. The number of hydrogen-bond donors (Lipinski definition) is 2. The van der Waals surface area contributed by atoms with Crippen molar-refractivity contribution in [2.75, 3.05) is 5.32 Å². The molecule has 2 amide bonds. The molecule has 0 aliphatic heterocycles. The molecule has 1 heterocycles. The minimum absolute atomic E-state index is 0.0623. The normalized spacial score (nSPS) is 19.3. The molecular weight excluding hydrogens is 316 g/mol. The summed E-state index contributed by atoms with van der Waals surface area (Å²) in [6.07, 6.45) is 2.16. The Hall–Kier alpha value is -2.56. The number of amides is 2. The van der Waals surface area contributed by atoms with E-state index in [2.05, 4.69) is 31.4 Å². The molecule has 5 heteroatoms. The van der Waals surface area contributed by atoms with Crippen LogP contribution in [-0.4, -0.2) is 11.8 Å².